The predicted octanol–water partition coefficient (Wildman–Crippen LogP) is 2.97. The van der Waals surface area contributed by atoms with Crippen LogP contribution in [0, 0.1) is 0 Å². The highest BCUT2D eigenvalue weighted by atomic mass is 35.5. The van der Waals surface area contributed by atoms with Gasteiger partial charge in [0.1, 0.15) is 0 Å². The van der Waals surface area contributed by atoms with Gasteiger partial charge in [-0.15, -0.1) is 12.4 Å². The zero-order chi connectivity index (χ0) is 11.6. The van der Waals surface area contributed by atoms with Crippen LogP contribution in [0.1, 0.15) is 19.4 Å². The molecule has 1 rings (SSSR count). The standard InChI is InChI=1S/C11H16ClNO2.ClH/c1-11(2,13)7-5-6-8(14-3)10(15-4)9(7)12;/h5-6H,13H2,1-4H3;1H. The Morgan fingerprint density at radius 2 is 1.75 bits per heavy atom. The second-order valence-corrected chi connectivity index (χ2v) is 4.26. The SMILES string of the molecule is COc1ccc(C(C)(C)N)c(Cl)c1OC.Cl. The smallest absolute Gasteiger partial charge is 0.179 e. The van der Waals surface area contributed by atoms with Crippen molar-refractivity contribution in [3.8, 4) is 11.5 Å². The number of hydrogen-bond acceptors (Lipinski definition) is 3. The monoisotopic (exact) mass is 265 g/mol. The Kier molecular flexibility index (Phi) is 5.39. The fourth-order valence-electron chi connectivity index (χ4n) is 1.39. The van der Waals surface area contributed by atoms with Crippen molar-refractivity contribution in [3.63, 3.8) is 0 Å². The van der Waals surface area contributed by atoms with Crippen molar-refractivity contribution in [2.75, 3.05) is 14.2 Å². The Labute approximate surface area is 107 Å². The largest absolute Gasteiger partial charge is 0.493 e. The molecule has 0 saturated heterocycles. The van der Waals surface area contributed by atoms with Crippen LogP contribution in [0.2, 0.25) is 5.02 Å². The summed E-state index contributed by atoms with van der Waals surface area (Å²) >= 11 is 6.19. The van der Waals surface area contributed by atoms with Crippen LogP contribution in [0.3, 0.4) is 0 Å². The molecule has 1 aromatic rings. The summed E-state index contributed by atoms with van der Waals surface area (Å²) in [5, 5.41) is 0.504. The van der Waals surface area contributed by atoms with Gasteiger partial charge in [-0.1, -0.05) is 17.7 Å². The Bertz CT molecular complexity index is 362. The molecule has 92 valence electrons. The Hall–Kier alpha value is -0.640. The maximum absolute atomic E-state index is 6.19. The summed E-state index contributed by atoms with van der Waals surface area (Å²) in [7, 11) is 3.12. The first-order valence-corrected chi connectivity index (χ1v) is 4.99. The fraction of sp³-hybridized carbons (Fsp3) is 0.455. The Balaban J connectivity index is 0.00000225. The van der Waals surface area contributed by atoms with E-state index in [1.54, 1.807) is 20.3 Å². The van der Waals surface area contributed by atoms with Crippen molar-refractivity contribution >= 4 is 24.0 Å². The summed E-state index contributed by atoms with van der Waals surface area (Å²) in [5.74, 6) is 1.13. The number of ether oxygens (including phenoxy) is 2. The summed E-state index contributed by atoms with van der Waals surface area (Å²) < 4.78 is 10.3. The molecule has 3 nitrogen and oxygen atoms in total. The average Bonchev–Trinajstić information content (AvgIpc) is 2.15. The molecule has 5 heteroatoms. The third-order valence-electron chi connectivity index (χ3n) is 2.18. The highest BCUT2D eigenvalue weighted by molar-refractivity contribution is 6.33. The van der Waals surface area contributed by atoms with E-state index >= 15 is 0 Å². The number of hydrogen-bond donors (Lipinski definition) is 1. The maximum Gasteiger partial charge on any atom is 0.179 e. The first-order valence-electron chi connectivity index (χ1n) is 4.61. The number of benzene rings is 1. The van der Waals surface area contributed by atoms with Gasteiger partial charge in [0, 0.05) is 5.54 Å². The van der Waals surface area contributed by atoms with Crippen molar-refractivity contribution in [2.24, 2.45) is 5.73 Å². The molecule has 0 aromatic heterocycles. The summed E-state index contributed by atoms with van der Waals surface area (Å²) in [6, 6.07) is 3.65. The van der Waals surface area contributed by atoms with E-state index in [0.29, 0.717) is 16.5 Å². The normalized spacial score (nSPS) is 10.6. The molecular weight excluding hydrogens is 249 g/mol. The van der Waals surface area contributed by atoms with E-state index in [1.165, 1.54) is 0 Å². The zero-order valence-electron chi connectivity index (χ0n) is 9.83. The van der Waals surface area contributed by atoms with Gasteiger partial charge >= 0.3 is 0 Å². The van der Waals surface area contributed by atoms with Crippen LogP contribution in [0.25, 0.3) is 0 Å². The molecule has 0 bridgehead atoms. The molecule has 0 atom stereocenters. The molecular formula is C11H17Cl2NO2. The van der Waals surface area contributed by atoms with Gasteiger partial charge in [0.25, 0.3) is 0 Å². The molecule has 0 aliphatic carbocycles. The highest BCUT2D eigenvalue weighted by Crippen LogP contribution is 2.40. The van der Waals surface area contributed by atoms with E-state index < -0.39 is 5.54 Å². The van der Waals surface area contributed by atoms with Crippen LogP contribution >= 0.6 is 24.0 Å². The maximum atomic E-state index is 6.19. The van der Waals surface area contributed by atoms with Crippen molar-refractivity contribution in [2.45, 2.75) is 19.4 Å². The quantitative estimate of drug-likeness (QED) is 0.914. The molecule has 1 aromatic carbocycles. The molecule has 0 saturated carbocycles. The number of methoxy groups -OCH3 is 2. The fourth-order valence-corrected chi connectivity index (χ4v) is 1.86. The van der Waals surface area contributed by atoms with Crippen LogP contribution in [0.5, 0.6) is 11.5 Å². The minimum atomic E-state index is -0.503. The lowest BCUT2D eigenvalue weighted by Crippen LogP contribution is -2.29. The van der Waals surface area contributed by atoms with E-state index in [2.05, 4.69) is 0 Å². The first-order chi connectivity index (χ1) is 6.91. The molecule has 0 aliphatic heterocycles. The lowest BCUT2D eigenvalue weighted by Gasteiger charge is -2.22. The molecule has 0 spiro atoms. The van der Waals surface area contributed by atoms with Crippen molar-refractivity contribution in [3.05, 3.63) is 22.7 Å². The second-order valence-electron chi connectivity index (χ2n) is 3.88. The highest BCUT2D eigenvalue weighted by Gasteiger charge is 2.22. The van der Waals surface area contributed by atoms with Gasteiger partial charge in [-0.05, 0) is 25.5 Å². The van der Waals surface area contributed by atoms with Crippen LogP contribution in [0.4, 0.5) is 0 Å². The van der Waals surface area contributed by atoms with Crippen LogP contribution < -0.4 is 15.2 Å². The third-order valence-corrected chi connectivity index (χ3v) is 2.55. The van der Waals surface area contributed by atoms with Gasteiger partial charge in [-0.3, -0.25) is 0 Å². The van der Waals surface area contributed by atoms with E-state index in [9.17, 15) is 0 Å². The summed E-state index contributed by atoms with van der Waals surface area (Å²) in [5.41, 5.74) is 6.32. The number of halogens is 2. The summed E-state index contributed by atoms with van der Waals surface area (Å²) in [4.78, 5) is 0. The lowest BCUT2D eigenvalue weighted by molar-refractivity contribution is 0.353. The summed E-state index contributed by atoms with van der Waals surface area (Å²) in [6.45, 7) is 3.78. The first kappa shape index (κ1) is 15.4. The second kappa shape index (κ2) is 5.62. The topological polar surface area (TPSA) is 44.5 Å². The van der Waals surface area contributed by atoms with Gasteiger partial charge in [0.2, 0.25) is 0 Å². The third kappa shape index (κ3) is 2.94. The van der Waals surface area contributed by atoms with E-state index in [4.69, 9.17) is 26.8 Å². The Morgan fingerprint density at radius 3 is 2.12 bits per heavy atom. The molecule has 2 N–H and O–H groups in total. The molecule has 0 amide bonds. The van der Waals surface area contributed by atoms with Gasteiger partial charge in [0.15, 0.2) is 11.5 Å². The number of nitrogens with two attached hydrogens (primary N) is 1. The molecule has 0 unspecified atom stereocenters. The minimum absolute atomic E-state index is 0. The van der Waals surface area contributed by atoms with Gasteiger partial charge in [-0.25, -0.2) is 0 Å². The molecule has 0 fully saturated rings. The van der Waals surface area contributed by atoms with E-state index in [-0.39, 0.29) is 12.4 Å². The van der Waals surface area contributed by atoms with Gasteiger partial charge in [0.05, 0.1) is 19.2 Å². The van der Waals surface area contributed by atoms with Gasteiger partial charge in [-0.2, -0.15) is 0 Å². The minimum Gasteiger partial charge on any atom is -0.493 e. The van der Waals surface area contributed by atoms with Crippen molar-refractivity contribution in [1.29, 1.82) is 0 Å². The average molecular weight is 266 g/mol. The van der Waals surface area contributed by atoms with Crippen LogP contribution in [-0.4, -0.2) is 14.2 Å². The molecule has 0 heterocycles. The Morgan fingerprint density at radius 1 is 1.19 bits per heavy atom. The van der Waals surface area contributed by atoms with E-state index in [1.807, 2.05) is 19.9 Å². The summed E-state index contributed by atoms with van der Waals surface area (Å²) in [6.07, 6.45) is 0. The molecule has 0 aliphatic rings. The predicted molar refractivity (Wildman–Crippen MR) is 69.0 cm³/mol. The van der Waals surface area contributed by atoms with Crippen molar-refractivity contribution in [1.82, 2.24) is 0 Å². The van der Waals surface area contributed by atoms with Crippen LogP contribution in [-0.2, 0) is 5.54 Å². The molecule has 16 heavy (non-hydrogen) atoms. The van der Waals surface area contributed by atoms with E-state index in [0.717, 1.165) is 5.56 Å². The zero-order valence-corrected chi connectivity index (χ0v) is 11.4. The van der Waals surface area contributed by atoms with Gasteiger partial charge < -0.3 is 15.2 Å². The van der Waals surface area contributed by atoms with Crippen LogP contribution in [0.15, 0.2) is 12.1 Å². The number of rotatable bonds is 3. The molecule has 0 radical (unpaired) electrons. The lowest BCUT2D eigenvalue weighted by atomic mass is 9.95. The van der Waals surface area contributed by atoms with Crippen molar-refractivity contribution < 1.29 is 9.47 Å².